The van der Waals surface area contributed by atoms with Crippen LogP contribution in [0.1, 0.15) is 86.1 Å². The monoisotopic (exact) mass is 1490 g/mol. The third kappa shape index (κ3) is 12.3. The molecular formula is C82H68Br2N2O8S4. The number of anilines is 6. The van der Waals surface area contributed by atoms with Crippen molar-refractivity contribution in [2.75, 3.05) is 9.80 Å². The van der Waals surface area contributed by atoms with Gasteiger partial charge >= 0.3 is 0 Å². The van der Waals surface area contributed by atoms with Gasteiger partial charge in [-0.2, -0.15) is 0 Å². The van der Waals surface area contributed by atoms with Crippen molar-refractivity contribution in [2.45, 2.75) is 103 Å². The second-order valence-electron chi connectivity index (χ2n) is 26.0. The molecule has 3 aliphatic rings. The van der Waals surface area contributed by atoms with Crippen LogP contribution in [0.4, 0.5) is 34.1 Å². The normalized spacial score (nSPS) is 14.6. The molecule has 12 aromatic rings. The van der Waals surface area contributed by atoms with Gasteiger partial charge in [0.2, 0.25) is 39.3 Å². The quantitative estimate of drug-likeness (QED) is 0.130. The Kier molecular flexibility index (Phi) is 17.9. The zero-order chi connectivity index (χ0) is 69.2. The lowest BCUT2D eigenvalue weighted by molar-refractivity contribution is 0.590. The van der Waals surface area contributed by atoms with E-state index in [0.29, 0.717) is 0 Å². The largest absolute Gasteiger partial charge is 0.310 e. The van der Waals surface area contributed by atoms with Gasteiger partial charge in [-0.1, -0.05) is 207 Å². The van der Waals surface area contributed by atoms with Crippen molar-refractivity contribution in [1.29, 1.82) is 0 Å². The molecule has 2 aliphatic heterocycles. The summed E-state index contributed by atoms with van der Waals surface area (Å²) in [4.78, 5) is 4.33. The van der Waals surface area contributed by atoms with Crippen LogP contribution in [0, 0.1) is 0 Å². The third-order valence-electron chi connectivity index (χ3n) is 18.9. The molecule has 0 spiro atoms. The van der Waals surface area contributed by atoms with Crippen molar-refractivity contribution < 1.29 is 33.7 Å². The van der Waals surface area contributed by atoms with E-state index in [0.717, 1.165) is 49.5 Å². The summed E-state index contributed by atoms with van der Waals surface area (Å²) in [6.45, 7) is 13.5. The van der Waals surface area contributed by atoms with Gasteiger partial charge in [0.25, 0.3) is 0 Å². The predicted octanol–water partition coefficient (Wildman–Crippen LogP) is 20.4. The second kappa shape index (κ2) is 26.0. The maximum Gasteiger partial charge on any atom is 0.206 e. The van der Waals surface area contributed by atoms with Crippen molar-refractivity contribution in [3.8, 4) is 0 Å². The summed E-state index contributed by atoms with van der Waals surface area (Å²) >= 11 is 6.52. The molecule has 16 heteroatoms. The highest BCUT2D eigenvalue weighted by Crippen LogP contribution is 2.54. The van der Waals surface area contributed by atoms with Gasteiger partial charge in [-0.3, -0.25) is 0 Å². The molecule has 492 valence electrons. The third-order valence-corrected chi connectivity index (χ3v) is 27.1. The summed E-state index contributed by atoms with van der Waals surface area (Å²) in [6, 6.07) is 87.7. The Morgan fingerprint density at radius 2 is 0.480 bits per heavy atom. The first kappa shape index (κ1) is 67.6. The van der Waals surface area contributed by atoms with Gasteiger partial charge in [-0.25, -0.2) is 33.7 Å². The average Bonchev–Trinajstić information content (AvgIpc) is 0.736. The van der Waals surface area contributed by atoms with Crippen LogP contribution < -0.4 is 9.80 Å². The Balaban J connectivity index is 0.000000168. The van der Waals surface area contributed by atoms with Crippen molar-refractivity contribution in [3.63, 3.8) is 0 Å². The number of benzene rings is 12. The molecular weight excluding hydrogens is 1430 g/mol. The number of para-hydroxylation sites is 4. The minimum Gasteiger partial charge on any atom is -0.310 e. The fourth-order valence-corrected chi connectivity index (χ4v) is 19.7. The highest BCUT2D eigenvalue weighted by molar-refractivity contribution is 9.10. The van der Waals surface area contributed by atoms with E-state index >= 15 is 0 Å². The lowest BCUT2D eigenvalue weighted by Gasteiger charge is -2.42. The molecule has 15 rings (SSSR count). The maximum absolute atomic E-state index is 14.1. The van der Waals surface area contributed by atoms with E-state index in [9.17, 15) is 33.7 Å². The molecule has 0 atom stereocenters. The number of halogens is 2. The summed E-state index contributed by atoms with van der Waals surface area (Å²) in [6.07, 6.45) is 1.08. The van der Waals surface area contributed by atoms with Gasteiger partial charge in [-0.05, 0) is 209 Å². The van der Waals surface area contributed by atoms with E-state index in [1.807, 2.05) is 48.5 Å². The van der Waals surface area contributed by atoms with Crippen molar-refractivity contribution in [2.24, 2.45) is 0 Å². The fourth-order valence-electron chi connectivity index (χ4n) is 13.8. The van der Waals surface area contributed by atoms with Crippen LogP contribution in [0.2, 0.25) is 0 Å². The zero-order valence-corrected chi connectivity index (χ0v) is 60.9. The van der Waals surface area contributed by atoms with Crippen LogP contribution in [0.25, 0.3) is 0 Å². The Hall–Kier alpha value is -9.00. The molecule has 0 bridgehead atoms. The Morgan fingerprint density at radius 1 is 0.255 bits per heavy atom. The Bertz CT molecular complexity index is 5120. The van der Waals surface area contributed by atoms with E-state index in [1.54, 1.807) is 72.8 Å². The number of fused-ring (bicyclic) bond motifs is 6. The number of hydrogen-bond acceptors (Lipinski definition) is 10. The highest BCUT2D eigenvalue weighted by Gasteiger charge is 2.39. The van der Waals surface area contributed by atoms with Crippen LogP contribution in [0.5, 0.6) is 0 Å². The van der Waals surface area contributed by atoms with E-state index in [4.69, 9.17) is 0 Å². The standard InChI is InChI=1S/C48H40N2O4S2.C18H12Br2O4S2.C16H16/c1-47(2)39-16-5-9-20-43(39)49(44-21-10-6-17-40(44)47)33-24-28-35(29-25-33)55(51,52)37-14-13-15-38(32-37)56(53,54)36-30-26-34(27-31-36)50-45-22-11-7-18-41(45)48(3,4)42-19-8-12-23-46(42)50;19-13-4-8-15(9-5-13)25(21,22)17-2-1-3-18(12-17)26(23,24)16-10-6-14(20)7-11-16;1-16(2)14-9-5-3-7-12(14)11-13-8-4-6-10-15(13)16/h5-32H,1-4H3;1-12H;3-10H,11H2,1-2H3. The molecule has 0 saturated heterocycles. The van der Waals surface area contributed by atoms with Crippen LogP contribution >= 0.6 is 31.9 Å². The van der Waals surface area contributed by atoms with Gasteiger partial charge < -0.3 is 9.80 Å². The molecule has 1 aliphatic carbocycles. The molecule has 0 saturated carbocycles. The Labute approximate surface area is 591 Å². The minimum absolute atomic E-state index is 0.0713. The van der Waals surface area contributed by atoms with Gasteiger partial charge in [0.15, 0.2) is 0 Å². The van der Waals surface area contributed by atoms with Crippen LogP contribution in [0.15, 0.2) is 339 Å². The molecule has 0 amide bonds. The molecule has 0 unspecified atom stereocenters. The first-order valence-electron chi connectivity index (χ1n) is 31.8. The van der Waals surface area contributed by atoms with E-state index in [2.05, 4.69) is 180 Å². The van der Waals surface area contributed by atoms with E-state index < -0.39 is 39.3 Å². The Morgan fingerprint density at radius 3 is 0.755 bits per heavy atom. The molecule has 10 nitrogen and oxygen atoms in total. The number of rotatable bonds is 10. The molecule has 0 radical (unpaired) electrons. The molecule has 0 aromatic heterocycles. The summed E-state index contributed by atoms with van der Waals surface area (Å²) in [5.41, 5.74) is 16.1. The van der Waals surface area contributed by atoms with E-state index in [1.165, 1.54) is 117 Å². The topological polar surface area (TPSA) is 143 Å². The van der Waals surface area contributed by atoms with Crippen LogP contribution in [-0.2, 0) is 62.0 Å². The molecule has 2 heterocycles. The summed E-state index contributed by atoms with van der Waals surface area (Å²) in [7, 11) is -15.8. The minimum atomic E-state index is -4.07. The summed E-state index contributed by atoms with van der Waals surface area (Å²) in [5, 5.41) is 0. The van der Waals surface area contributed by atoms with Crippen molar-refractivity contribution in [3.05, 3.63) is 345 Å². The molecule has 0 N–H and O–H groups in total. The fraction of sp³-hybridized carbons (Fsp3) is 0.122. The smallest absolute Gasteiger partial charge is 0.206 e. The van der Waals surface area contributed by atoms with Gasteiger partial charge in [0.1, 0.15) is 0 Å². The van der Waals surface area contributed by atoms with Crippen LogP contribution in [0.3, 0.4) is 0 Å². The first-order chi connectivity index (χ1) is 46.7. The number of nitrogens with zero attached hydrogens (tertiary/aromatic N) is 2. The molecule has 0 fully saturated rings. The first-order valence-corrected chi connectivity index (χ1v) is 39.3. The zero-order valence-electron chi connectivity index (χ0n) is 54.5. The summed E-state index contributed by atoms with van der Waals surface area (Å²) < 4.78 is 109. The van der Waals surface area contributed by atoms with Gasteiger partial charge in [0, 0.05) is 36.6 Å². The second-order valence-corrected chi connectivity index (χ2v) is 35.6. The van der Waals surface area contributed by atoms with E-state index in [-0.39, 0.29) is 55.4 Å². The van der Waals surface area contributed by atoms with Crippen molar-refractivity contribution in [1.82, 2.24) is 0 Å². The molecule has 12 aromatic carbocycles. The SMILES string of the molecule is CC1(C)c2ccccc2Cc2ccccc21.CC1(C)c2ccccc2N(c2ccc(S(=O)(=O)c3cccc(S(=O)(=O)c4ccc(N5c6ccccc6C(C)(C)c6ccccc65)cc4)c3)cc2)c2ccccc21.O=S(=O)(c1ccc(Br)cc1)c1cccc(S(=O)(=O)c2ccc(Br)cc2)c1. The molecule has 98 heavy (non-hydrogen) atoms. The number of hydrogen-bond donors (Lipinski definition) is 0. The maximum atomic E-state index is 14.1. The van der Waals surface area contributed by atoms with Crippen LogP contribution in [-0.4, -0.2) is 33.7 Å². The van der Waals surface area contributed by atoms with Crippen molar-refractivity contribution >= 4 is 105 Å². The summed E-state index contributed by atoms with van der Waals surface area (Å²) in [5.74, 6) is 0. The number of sulfone groups is 4. The highest BCUT2D eigenvalue weighted by atomic mass is 79.9. The lowest BCUT2D eigenvalue weighted by Crippen LogP contribution is -2.30. The predicted molar refractivity (Wildman–Crippen MR) is 397 cm³/mol. The average molecular weight is 1500 g/mol. The van der Waals surface area contributed by atoms with Gasteiger partial charge in [0.05, 0.1) is 61.9 Å². The lowest BCUT2D eigenvalue weighted by atomic mass is 9.69. The van der Waals surface area contributed by atoms with Gasteiger partial charge in [-0.15, -0.1) is 0 Å².